The normalized spacial score (nSPS) is 24.9. The Bertz CT molecular complexity index is 442. The van der Waals surface area contributed by atoms with Crippen LogP contribution < -0.4 is 5.32 Å². The molecule has 1 aliphatic rings. The molecule has 0 bridgehead atoms. The van der Waals surface area contributed by atoms with Crippen LogP contribution in [0.25, 0.3) is 0 Å². The average Bonchev–Trinajstić information content (AvgIpc) is 2.41. The zero-order valence-electron chi connectivity index (χ0n) is 11.1. The minimum atomic E-state index is -0.368. The first kappa shape index (κ1) is 14.0. The van der Waals surface area contributed by atoms with Crippen molar-refractivity contribution >= 4 is 5.69 Å². The first-order chi connectivity index (χ1) is 9.06. The zero-order chi connectivity index (χ0) is 13.8. The van der Waals surface area contributed by atoms with Gasteiger partial charge in [0.2, 0.25) is 0 Å². The summed E-state index contributed by atoms with van der Waals surface area (Å²) in [5.41, 5.74) is 1.06. The van der Waals surface area contributed by atoms with Gasteiger partial charge >= 0.3 is 0 Å². The Hall–Kier alpha value is -1.46. The summed E-state index contributed by atoms with van der Waals surface area (Å²) in [7, 11) is 0. The molecule has 1 fully saturated rings. The molecule has 1 saturated carbocycles. The van der Waals surface area contributed by atoms with Crippen LogP contribution in [0.4, 0.5) is 5.69 Å². The summed E-state index contributed by atoms with van der Waals surface area (Å²) in [6.07, 6.45) is 3.42. The summed E-state index contributed by atoms with van der Waals surface area (Å²) < 4.78 is 0. The van der Waals surface area contributed by atoms with E-state index >= 15 is 0 Å². The van der Waals surface area contributed by atoms with Crippen LogP contribution in [0.15, 0.2) is 24.3 Å². The number of hydrogen-bond acceptors (Lipinski definition) is 4. The van der Waals surface area contributed by atoms with Crippen molar-refractivity contribution in [3.63, 3.8) is 0 Å². The number of aliphatic hydroxyl groups is 1. The van der Waals surface area contributed by atoms with Crippen LogP contribution >= 0.6 is 0 Å². The third-order valence-electron chi connectivity index (χ3n) is 3.76. The Morgan fingerprint density at radius 1 is 1.37 bits per heavy atom. The van der Waals surface area contributed by atoms with Gasteiger partial charge in [-0.25, -0.2) is 0 Å². The van der Waals surface area contributed by atoms with Gasteiger partial charge in [0.25, 0.3) is 5.69 Å². The predicted octanol–water partition coefficient (Wildman–Crippen LogP) is 2.55. The Morgan fingerprint density at radius 2 is 2.05 bits per heavy atom. The van der Waals surface area contributed by atoms with Gasteiger partial charge in [0.1, 0.15) is 0 Å². The Balaban J connectivity index is 1.97. The number of rotatable bonds is 4. The lowest BCUT2D eigenvalue weighted by molar-refractivity contribution is -0.384. The second-order valence-electron chi connectivity index (χ2n) is 5.25. The molecule has 1 unspecified atom stereocenters. The molecule has 0 aliphatic heterocycles. The number of nitro benzene ring substituents is 1. The second kappa shape index (κ2) is 6.12. The number of nitrogens with one attached hydrogen (secondary N) is 1. The van der Waals surface area contributed by atoms with Gasteiger partial charge in [-0.1, -0.05) is 12.1 Å². The molecular formula is C14H20N2O3. The molecule has 1 aromatic rings. The molecule has 0 saturated heterocycles. The predicted molar refractivity (Wildman–Crippen MR) is 72.9 cm³/mol. The van der Waals surface area contributed by atoms with Gasteiger partial charge in [-0.15, -0.1) is 0 Å². The van der Waals surface area contributed by atoms with E-state index in [2.05, 4.69) is 5.32 Å². The highest BCUT2D eigenvalue weighted by Gasteiger charge is 2.21. The lowest BCUT2D eigenvalue weighted by Gasteiger charge is -2.29. The maximum absolute atomic E-state index is 10.8. The molecule has 2 rings (SSSR count). The van der Waals surface area contributed by atoms with E-state index in [1.807, 2.05) is 13.0 Å². The molecule has 0 radical (unpaired) electrons. The third-order valence-corrected chi connectivity index (χ3v) is 3.76. The number of benzene rings is 1. The van der Waals surface area contributed by atoms with Crippen LogP contribution in [0.5, 0.6) is 0 Å². The fourth-order valence-electron chi connectivity index (χ4n) is 2.60. The minimum Gasteiger partial charge on any atom is -0.393 e. The number of nitrogens with zero attached hydrogens (tertiary/aromatic N) is 1. The third kappa shape index (κ3) is 3.75. The van der Waals surface area contributed by atoms with E-state index in [0.717, 1.165) is 31.2 Å². The lowest BCUT2D eigenvalue weighted by Crippen LogP contribution is -2.36. The van der Waals surface area contributed by atoms with E-state index in [9.17, 15) is 15.2 Å². The fourth-order valence-corrected chi connectivity index (χ4v) is 2.60. The summed E-state index contributed by atoms with van der Waals surface area (Å²) in [6.45, 7) is 2.02. The number of hydrogen-bond donors (Lipinski definition) is 2. The highest BCUT2D eigenvalue weighted by atomic mass is 16.6. The Labute approximate surface area is 112 Å². The van der Waals surface area contributed by atoms with Gasteiger partial charge in [0, 0.05) is 24.2 Å². The van der Waals surface area contributed by atoms with Crippen molar-refractivity contribution in [1.82, 2.24) is 5.32 Å². The molecule has 1 atom stereocenters. The molecule has 1 aliphatic carbocycles. The van der Waals surface area contributed by atoms with E-state index in [4.69, 9.17) is 0 Å². The smallest absolute Gasteiger partial charge is 0.269 e. The molecule has 0 spiro atoms. The maximum Gasteiger partial charge on any atom is 0.269 e. The minimum absolute atomic E-state index is 0.0835. The standard InChI is InChI=1S/C14H20N2O3/c1-10(15-12-5-7-14(17)8-6-12)11-3-2-4-13(9-11)16(18)19/h2-4,9-10,12,14-15,17H,5-8H2,1H3. The summed E-state index contributed by atoms with van der Waals surface area (Å²) >= 11 is 0. The molecule has 104 valence electrons. The van der Waals surface area contributed by atoms with Crippen molar-refractivity contribution in [2.24, 2.45) is 0 Å². The fraction of sp³-hybridized carbons (Fsp3) is 0.571. The van der Waals surface area contributed by atoms with Crippen LogP contribution in [0, 0.1) is 10.1 Å². The number of nitro groups is 1. The molecule has 0 amide bonds. The van der Waals surface area contributed by atoms with Gasteiger partial charge in [0.15, 0.2) is 0 Å². The van der Waals surface area contributed by atoms with Crippen molar-refractivity contribution in [2.45, 2.75) is 50.8 Å². The number of aliphatic hydroxyl groups excluding tert-OH is 1. The summed E-state index contributed by atoms with van der Waals surface area (Å²) in [4.78, 5) is 10.4. The van der Waals surface area contributed by atoms with Crippen molar-refractivity contribution in [3.8, 4) is 0 Å². The second-order valence-corrected chi connectivity index (χ2v) is 5.25. The highest BCUT2D eigenvalue weighted by Crippen LogP contribution is 2.23. The quantitative estimate of drug-likeness (QED) is 0.647. The van der Waals surface area contributed by atoms with Crippen LogP contribution in [-0.4, -0.2) is 22.2 Å². The van der Waals surface area contributed by atoms with Crippen LogP contribution in [-0.2, 0) is 0 Å². The first-order valence-electron chi connectivity index (χ1n) is 6.74. The average molecular weight is 264 g/mol. The molecule has 5 nitrogen and oxygen atoms in total. The topological polar surface area (TPSA) is 75.4 Å². The monoisotopic (exact) mass is 264 g/mol. The molecule has 19 heavy (non-hydrogen) atoms. The Kier molecular flexibility index (Phi) is 4.50. The molecule has 0 heterocycles. The summed E-state index contributed by atoms with van der Waals surface area (Å²) in [5, 5.41) is 23.7. The largest absolute Gasteiger partial charge is 0.393 e. The van der Waals surface area contributed by atoms with Gasteiger partial charge in [0.05, 0.1) is 11.0 Å². The van der Waals surface area contributed by atoms with Gasteiger partial charge in [-0.05, 0) is 38.2 Å². The van der Waals surface area contributed by atoms with Gasteiger partial charge in [-0.3, -0.25) is 10.1 Å². The van der Waals surface area contributed by atoms with Crippen molar-refractivity contribution in [2.75, 3.05) is 0 Å². The number of non-ortho nitro benzene ring substituents is 1. The van der Waals surface area contributed by atoms with Crippen molar-refractivity contribution in [3.05, 3.63) is 39.9 Å². The maximum atomic E-state index is 10.8. The molecule has 0 aromatic heterocycles. The summed E-state index contributed by atoms with van der Waals surface area (Å²) in [5.74, 6) is 0. The van der Waals surface area contributed by atoms with E-state index in [-0.39, 0.29) is 22.8 Å². The van der Waals surface area contributed by atoms with E-state index in [1.54, 1.807) is 12.1 Å². The van der Waals surface area contributed by atoms with Gasteiger partial charge < -0.3 is 10.4 Å². The SMILES string of the molecule is CC(NC1CCC(O)CC1)c1cccc([N+](=O)[O-])c1. The van der Waals surface area contributed by atoms with Crippen LogP contribution in [0.3, 0.4) is 0 Å². The molecule has 1 aromatic carbocycles. The van der Waals surface area contributed by atoms with E-state index < -0.39 is 0 Å². The van der Waals surface area contributed by atoms with E-state index in [0.29, 0.717) is 6.04 Å². The summed E-state index contributed by atoms with van der Waals surface area (Å²) in [6, 6.07) is 7.22. The lowest BCUT2D eigenvalue weighted by atomic mass is 9.92. The Morgan fingerprint density at radius 3 is 2.68 bits per heavy atom. The molecule has 5 heteroatoms. The van der Waals surface area contributed by atoms with Crippen molar-refractivity contribution in [1.29, 1.82) is 0 Å². The van der Waals surface area contributed by atoms with E-state index in [1.165, 1.54) is 6.07 Å². The highest BCUT2D eigenvalue weighted by molar-refractivity contribution is 5.35. The molecular weight excluding hydrogens is 244 g/mol. The zero-order valence-corrected chi connectivity index (χ0v) is 11.1. The first-order valence-corrected chi connectivity index (χ1v) is 6.74. The van der Waals surface area contributed by atoms with Crippen molar-refractivity contribution < 1.29 is 10.0 Å². The van der Waals surface area contributed by atoms with Crippen LogP contribution in [0.1, 0.15) is 44.2 Å². The molecule has 2 N–H and O–H groups in total. The van der Waals surface area contributed by atoms with Crippen LogP contribution in [0.2, 0.25) is 0 Å². The van der Waals surface area contributed by atoms with Gasteiger partial charge in [-0.2, -0.15) is 0 Å².